The Morgan fingerprint density at radius 1 is 1.12 bits per heavy atom. The van der Waals surface area contributed by atoms with Crippen molar-refractivity contribution >= 4 is 28.7 Å². The SMILES string of the molecule is O=C(CN1C(=O)N[C@@H](Cc2c[nH]c3ccccc23)C1=O)N1CCCCC1. The highest BCUT2D eigenvalue weighted by atomic mass is 16.2. The number of urea groups is 1. The Morgan fingerprint density at radius 3 is 2.69 bits per heavy atom. The Labute approximate surface area is 151 Å². The maximum atomic E-state index is 12.7. The summed E-state index contributed by atoms with van der Waals surface area (Å²) in [4.78, 5) is 43.2. The van der Waals surface area contributed by atoms with Crippen LogP contribution in [0, 0.1) is 0 Å². The molecule has 0 radical (unpaired) electrons. The van der Waals surface area contributed by atoms with E-state index < -0.39 is 12.1 Å². The van der Waals surface area contributed by atoms with E-state index in [0.29, 0.717) is 19.5 Å². The number of para-hydroxylation sites is 1. The maximum Gasteiger partial charge on any atom is 0.325 e. The van der Waals surface area contributed by atoms with E-state index in [1.165, 1.54) is 0 Å². The number of carbonyl (C=O) groups excluding carboxylic acids is 3. The Bertz CT molecular complexity index is 853. The van der Waals surface area contributed by atoms with E-state index in [1.54, 1.807) is 4.90 Å². The molecule has 1 atom stereocenters. The molecule has 26 heavy (non-hydrogen) atoms. The third kappa shape index (κ3) is 3.05. The molecular weight excluding hydrogens is 332 g/mol. The fraction of sp³-hybridized carbons (Fsp3) is 0.421. The molecule has 2 aromatic rings. The quantitative estimate of drug-likeness (QED) is 0.819. The molecule has 1 aromatic heterocycles. The second-order valence-electron chi connectivity index (χ2n) is 6.93. The smallest absolute Gasteiger partial charge is 0.325 e. The molecule has 4 amide bonds. The van der Waals surface area contributed by atoms with Gasteiger partial charge >= 0.3 is 6.03 Å². The minimum absolute atomic E-state index is 0.152. The van der Waals surface area contributed by atoms with Gasteiger partial charge in [0.1, 0.15) is 12.6 Å². The minimum atomic E-state index is -0.629. The van der Waals surface area contributed by atoms with E-state index in [0.717, 1.165) is 40.6 Å². The van der Waals surface area contributed by atoms with Crippen molar-refractivity contribution in [2.24, 2.45) is 0 Å². The number of likely N-dealkylation sites (tertiary alicyclic amines) is 1. The first kappa shape index (κ1) is 16.6. The Balaban J connectivity index is 1.44. The summed E-state index contributed by atoms with van der Waals surface area (Å²) >= 11 is 0. The third-order valence-corrected chi connectivity index (χ3v) is 5.21. The van der Waals surface area contributed by atoms with Crippen molar-refractivity contribution in [3.05, 3.63) is 36.0 Å². The van der Waals surface area contributed by atoms with E-state index in [-0.39, 0.29) is 18.4 Å². The summed E-state index contributed by atoms with van der Waals surface area (Å²) in [7, 11) is 0. The number of hydrogen-bond acceptors (Lipinski definition) is 3. The number of imide groups is 1. The number of fused-ring (bicyclic) bond motifs is 1. The van der Waals surface area contributed by atoms with Crippen molar-refractivity contribution in [3.8, 4) is 0 Å². The second-order valence-corrected chi connectivity index (χ2v) is 6.93. The summed E-state index contributed by atoms with van der Waals surface area (Å²) in [5, 5.41) is 3.76. The molecule has 4 rings (SSSR count). The second kappa shape index (κ2) is 6.82. The van der Waals surface area contributed by atoms with E-state index in [9.17, 15) is 14.4 Å². The van der Waals surface area contributed by atoms with Crippen LogP contribution in [0.4, 0.5) is 4.79 Å². The van der Waals surface area contributed by atoms with Gasteiger partial charge in [-0.05, 0) is 30.9 Å². The van der Waals surface area contributed by atoms with Gasteiger partial charge in [-0.25, -0.2) is 4.79 Å². The number of aromatic nitrogens is 1. The molecule has 0 saturated carbocycles. The van der Waals surface area contributed by atoms with Crippen LogP contribution < -0.4 is 5.32 Å². The molecule has 7 nitrogen and oxygen atoms in total. The molecular formula is C19H22N4O3. The van der Waals surface area contributed by atoms with Crippen molar-refractivity contribution in [2.75, 3.05) is 19.6 Å². The summed E-state index contributed by atoms with van der Waals surface area (Å²) in [6, 6.07) is 6.73. The van der Waals surface area contributed by atoms with Crippen LogP contribution in [0.5, 0.6) is 0 Å². The van der Waals surface area contributed by atoms with Crippen molar-refractivity contribution in [1.29, 1.82) is 0 Å². The zero-order valence-electron chi connectivity index (χ0n) is 14.5. The molecule has 7 heteroatoms. The van der Waals surface area contributed by atoms with Gasteiger partial charge in [-0.1, -0.05) is 18.2 Å². The van der Waals surface area contributed by atoms with Gasteiger partial charge in [-0.15, -0.1) is 0 Å². The van der Waals surface area contributed by atoms with E-state index >= 15 is 0 Å². The lowest BCUT2D eigenvalue weighted by molar-refractivity contribution is -0.137. The number of benzene rings is 1. The molecule has 0 spiro atoms. The highest BCUT2D eigenvalue weighted by Gasteiger charge is 2.39. The van der Waals surface area contributed by atoms with Crippen molar-refractivity contribution in [1.82, 2.24) is 20.1 Å². The van der Waals surface area contributed by atoms with Gasteiger partial charge in [0.15, 0.2) is 0 Å². The maximum absolute atomic E-state index is 12.7. The van der Waals surface area contributed by atoms with E-state index in [1.807, 2.05) is 30.5 Å². The largest absolute Gasteiger partial charge is 0.361 e. The number of nitrogens with one attached hydrogen (secondary N) is 2. The molecule has 2 saturated heterocycles. The molecule has 0 aliphatic carbocycles. The Kier molecular flexibility index (Phi) is 4.36. The molecule has 3 heterocycles. The number of rotatable bonds is 4. The lowest BCUT2D eigenvalue weighted by Gasteiger charge is -2.27. The molecule has 2 aliphatic rings. The van der Waals surface area contributed by atoms with Gasteiger partial charge in [0.05, 0.1) is 0 Å². The van der Waals surface area contributed by atoms with E-state index in [2.05, 4.69) is 10.3 Å². The third-order valence-electron chi connectivity index (χ3n) is 5.21. The first-order chi connectivity index (χ1) is 12.6. The predicted octanol–water partition coefficient (Wildman–Crippen LogP) is 1.64. The van der Waals surface area contributed by atoms with Crippen molar-refractivity contribution in [2.45, 2.75) is 31.7 Å². The summed E-state index contributed by atoms with van der Waals surface area (Å²) in [5.74, 6) is -0.480. The standard InChI is InChI=1S/C19H22N4O3/c24-17(22-8-4-1-5-9-22)12-23-18(25)16(21-19(23)26)10-13-11-20-15-7-3-2-6-14(13)15/h2-3,6-7,11,16,20H,1,4-5,8-10,12H2,(H,21,26)/t16-/m0/s1. The summed E-state index contributed by atoms with van der Waals surface area (Å²) in [6.07, 6.45) is 5.36. The normalized spacial score (nSPS) is 20.7. The number of carbonyl (C=O) groups is 3. The fourth-order valence-electron chi connectivity index (χ4n) is 3.76. The Hall–Kier alpha value is -2.83. The molecule has 1 aromatic carbocycles. The number of nitrogens with zero attached hydrogens (tertiary/aromatic N) is 2. The average molecular weight is 354 g/mol. The molecule has 2 aliphatic heterocycles. The topological polar surface area (TPSA) is 85.5 Å². The minimum Gasteiger partial charge on any atom is -0.361 e. The first-order valence-electron chi connectivity index (χ1n) is 9.08. The molecule has 2 fully saturated rings. The summed E-state index contributed by atoms with van der Waals surface area (Å²) < 4.78 is 0. The first-order valence-corrected chi connectivity index (χ1v) is 9.08. The van der Waals surface area contributed by atoms with Crippen molar-refractivity contribution < 1.29 is 14.4 Å². The van der Waals surface area contributed by atoms with Gasteiger partial charge in [0.2, 0.25) is 5.91 Å². The number of H-pyrrole nitrogens is 1. The van der Waals surface area contributed by atoms with Crippen LogP contribution >= 0.6 is 0 Å². The number of hydrogen-bond donors (Lipinski definition) is 2. The van der Waals surface area contributed by atoms with Crippen LogP contribution in [-0.4, -0.2) is 58.3 Å². The number of piperidine rings is 1. The average Bonchev–Trinajstić information content (AvgIpc) is 3.19. The van der Waals surface area contributed by atoms with Gasteiger partial charge in [-0.3, -0.25) is 14.5 Å². The van der Waals surface area contributed by atoms with Crippen LogP contribution in [-0.2, 0) is 16.0 Å². The number of amides is 4. The van der Waals surface area contributed by atoms with Crippen LogP contribution in [0.15, 0.2) is 30.5 Å². The van der Waals surface area contributed by atoms with Gasteiger partial charge in [0, 0.05) is 36.6 Å². The van der Waals surface area contributed by atoms with Crippen LogP contribution in [0.2, 0.25) is 0 Å². The summed E-state index contributed by atoms with van der Waals surface area (Å²) in [6.45, 7) is 1.25. The van der Waals surface area contributed by atoms with Gasteiger partial charge < -0.3 is 15.2 Å². The van der Waals surface area contributed by atoms with Gasteiger partial charge in [0.25, 0.3) is 5.91 Å². The van der Waals surface area contributed by atoms with E-state index in [4.69, 9.17) is 0 Å². The Morgan fingerprint density at radius 2 is 1.88 bits per heavy atom. The zero-order chi connectivity index (χ0) is 18.1. The molecule has 0 unspecified atom stereocenters. The lowest BCUT2D eigenvalue weighted by Crippen LogP contribution is -2.45. The van der Waals surface area contributed by atoms with Crippen LogP contribution in [0.3, 0.4) is 0 Å². The highest BCUT2D eigenvalue weighted by molar-refractivity contribution is 6.06. The predicted molar refractivity (Wildman–Crippen MR) is 96.5 cm³/mol. The summed E-state index contributed by atoms with van der Waals surface area (Å²) in [5.41, 5.74) is 1.97. The monoisotopic (exact) mass is 354 g/mol. The highest BCUT2D eigenvalue weighted by Crippen LogP contribution is 2.21. The molecule has 2 N–H and O–H groups in total. The van der Waals surface area contributed by atoms with Crippen LogP contribution in [0.1, 0.15) is 24.8 Å². The van der Waals surface area contributed by atoms with Crippen LogP contribution in [0.25, 0.3) is 10.9 Å². The molecule has 136 valence electrons. The lowest BCUT2D eigenvalue weighted by atomic mass is 10.1. The van der Waals surface area contributed by atoms with Gasteiger partial charge in [-0.2, -0.15) is 0 Å². The fourth-order valence-corrected chi connectivity index (χ4v) is 3.76. The number of aromatic amines is 1. The van der Waals surface area contributed by atoms with Crippen molar-refractivity contribution in [3.63, 3.8) is 0 Å². The molecule has 0 bridgehead atoms. The zero-order valence-corrected chi connectivity index (χ0v) is 14.5.